The van der Waals surface area contributed by atoms with Crippen LogP contribution in [-0.4, -0.2) is 35.9 Å². The molecule has 0 saturated carbocycles. The van der Waals surface area contributed by atoms with Gasteiger partial charge in [-0.3, -0.25) is 4.79 Å². The van der Waals surface area contributed by atoms with E-state index < -0.39 is 9.84 Å². The Hall–Kier alpha value is -2.32. The van der Waals surface area contributed by atoms with E-state index in [2.05, 4.69) is 10.3 Å². The van der Waals surface area contributed by atoms with Crippen molar-refractivity contribution in [3.63, 3.8) is 0 Å². The number of amides is 1. The number of rotatable bonds is 5. The van der Waals surface area contributed by atoms with Crippen molar-refractivity contribution in [1.29, 1.82) is 0 Å². The number of nitrogens with one attached hydrogen (secondary N) is 1. The lowest BCUT2D eigenvalue weighted by atomic mass is 10.3. The predicted octanol–water partition coefficient (Wildman–Crippen LogP) is 2.71. The van der Waals surface area contributed by atoms with E-state index >= 15 is 0 Å². The Morgan fingerprint density at radius 2 is 1.84 bits per heavy atom. The van der Waals surface area contributed by atoms with Crippen molar-refractivity contribution in [2.45, 2.75) is 10.1 Å². The fourth-order valence-electron chi connectivity index (χ4n) is 2.37. The number of benzene rings is 2. The monoisotopic (exact) mass is 375 g/mol. The largest absolute Gasteiger partial charge is 0.325 e. The van der Waals surface area contributed by atoms with E-state index in [1.807, 2.05) is 35.9 Å². The number of carbonyl (C=O) groups is 1. The van der Waals surface area contributed by atoms with Gasteiger partial charge in [0.1, 0.15) is 0 Å². The Bertz CT molecular complexity index is 1020. The van der Waals surface area contributed by atoms with Gasteiger partial charge in [0.15, 0.2) is 15.0 Å². The molecule has 0 bridgehead atoms. The van der Waals surface area contributed by atoms with Crippen LogP contribution in [0.3, 0.4) is 0 Å². The number of fused-ring (bicyclic) bond motifs is 1. The Morgan fingerprint density at radius 3 is 2.48 bits per heavy atom. The molecule has 0 fully saturated rings. The Morgan fingerprint density at radius 1 is 1.16 bits per heavy atom. The van der Waals surface area contributed by atoms with E-state index in [1.54, 1.807) is 12.1 Å². The molecule has 1 amide bonds. The molecule has 3 rings (SSSR count). The van der Waals surface area contributed by atoms with Gasteiger partial charge in [-0.2, -0.15) is 0 Å². The molecular formula is C17H17N3O3S2. The normalized spacial score (nSPS) is 11.6. The third kappa shape index (κ3) is 4.02. The van der Waals surface area contributed by atoms with Gasteiger partial charge in [0, 0.05) is 19.0 Å². The van der Waals surface area contributed by atoms with Crippen LogP contribution in [0.2, 0.25) is 0 Å². The van der Waals surface area contributed by atoms with E-state index in [4.69, 9.17) is 0 Å². The highest BCUT2D eigenvalue weighted by Gasteiger charge is 2.11. The molecule has 0 unspecified atom stereocenters. The number of aryl methyl sites for hydroxylation is 1. The average molecular weight is 375 g/mol. The van der Waals surface area contributed by atoms with Crippen molar-refractivity contribution < 1.29 is 13.2 Å². The van der Waals surface area contributed by atoms with Gasteiger partial charge >= 0.3 is 0 Å². The molecule has 0 radical (unpaired) electrons. The zero-order valence-corrected chi connectivity index (χ0v) is 15.4. The smallest absolute Gasteiger partial charge is 0.234 e. The fourth-order valence-corrected chi connectivity index (χ4v) is 3.78. The number of anilines is 1. The zero-order chi connectivity index (χ0) is 18.0. The minimum Gasteiger partial charge on any atom is -0.325 e. The Labute approximate surface area is 150 Å². The molecule has 6 nitrogen and oxygen atoms in total. The maximum Gasteiger partial charge on any atom is 0.234 e. The van der Waals surface area contributed by atoms with Gasteiger partial charge in [-0.15, -0.1) is 0 Å². The van der Waals surface area contributed by atoms with Crippen LogP contribution in [0.4, 0.5) is 5.69 Å². The maximum atomic E-state index is 12.1. The highest BCUT2D eigenvalue weighted by atomic mass is 32.2. The predicted molar refractivity (Wildman–Crippen MR) is 99.6 cm³/mol. The first-order valence-corrected chi connectivity index (χ1v) is 10.4. The third-order valence-electron chi connectivity index (χ3n) is 3.64. The molecule has 25 heavy (non-hydrogen) atoms. The summed E-state index contributed by atoms with van der Waals surface area (Å²) in [5.74, 6) is 0.0366. The summed E-state index contributed by atoms with van der Waals surface area (Å²) in [6.45, 7) is 0. The first kappa shape index (κ1) is 17.5. The van der Waals surface area contributed by atoms with Crippen molar-refractivity contribution in [3.05, 3.63) is 48.5 Å². The van der Waals surface area contributed by atoms with E-state index in [9.17, 15) is 13.2 Å². The second-order valence-electron chi connectivity index (χ2n) is 5.58. The van der Waals surface area contributed by atoms with Crippen LogP contribution in [0.25, 0.3) is 11.0 Å². The number of imidazole rings is 1. The van der Waals surface area contributed by atoms with Gasteiger partial charge in [-0.05, 0) is 36.4 Å². The molecule has 1 aromatic heterocycles. The van der Waals surface area contributed by atoms with Crippen LogP contribution in [0.5, 0.6) is 0 Å². The summed E-state index contributed by atoms with van der Waals surface area (Å²) in [6, 6.07) is 13.9. The van der Waals surface area contributed by atoms with E-state index in [0.717, 1.165) is 22.4 Å². The first-order valence-electron chi connectivity index (χ1n) is 7.49. The van der Waals surface area contributed by atoms with Crippen molar-refractivity contribution >= 4 is 44.2 Å². The summed E-state index contributed by atoms with van der Waals surface area (Å²) in [7, 11) is -1.32. The summed E-state index contributed by atoms with van der Waals surface area (Å²) in [5, 5.41) is 3.52. The summed E-state index contributed by atoms with van der Waals surface area (Å²) >= 11 is 1.35. The number of sulfone groups is 1. The summed E-state index contributed by atoms with van der Waals surface area (Å²) in [4.78, 5) is 16.8. The fraction of sp³-hybridized carbons (Fsp3) is 0.176. The Balaban J connectivity index is 1.63. The lowest BCUT2D eigenvalue weighted by molar-refractivity contribution is -0.113. The highest BCUT2D eigenvalue weighted by Crippen LogP contribution is 2.23. The minimum atomic E-state index is -3.24. The molecular weight excluding hydrogens is 358 g/mol. The van der Waals surface area contributed by atoms with Gasteiger partial charge in [-0.1, -0.05) is 23.9 Å². The van der Waals surface area contributed by atoms with Gasteiger partial charge in [0.25, 0.3) is 0 Å². The quantitative estimate of drug-likeness (QED) is 0.694. The van der Waals surface area contributed by atoms with Crippen LogP contribution >= 0.6 is 11.8 Å². The second-order valence-corrected chi connectivity index (χ2v) is 8.53. The number of aromatic nitrogens is 2. The lowest BCUT2D eigenvalue weighted by Gasteiger charge is -2.06. The summed E-state index contributed by atoms with van der Waals surface area (Å²) in [6.07, 6.45) is 1.15. The summed E-state index contributed by atoms with van der Waals surface area (Å²) in [5.41, 5.74) is 2.47. The van der Waals surface area contributed by atoms with Gasteiger partial charge in [0.2, 0.25) is 5.91 Å². The SMILES string of the molecule is Cn1c(SCC(=O)Nc2ccc(S(C)(=O)=O)cc2)nc2ccccc21. The van der Waals surface area contributed by atoms with Crippen LogP contribution < -0.4 is 5.32 Å². The van der Waals surface area contributed by atoms with Crippen LogP contribution in [0.1, 0.15) is 0 Å². The molecule has 0 aliphatic rings. The van der Waals surface area contributed by atoms with Gasteiger partial charge in [0.05, 0.1) is 21.7 Å². The van der Waals surface area contributed by atoms with Crippen molar-refractivity contribution in [2.24, 2.45) is 7.05 Å². The van der Waals surface area contributed by atoms with E-state index in [0.29, 0.717) is 5.69 Å². The average Bonchev–Trinajstić information content (AvgIpc) is 2.89. The molecule has 0 aliphatic heterocycles. The van der Waals surface area contributed by atoms with Crippen molar-refractivity contribution in [1.82, 2.24) is 9.55 Å². The number of nitrogens with zero attached hydrogens (tertiary/aromatic N) is 2. The van der Waals surface area contributed by atoms with Crippen LogP contribution in [0, 0.1) is 0 Å². The Kier molecular flexibility index (Phi) is 4.82. The molecule has 8 heteroatoms. The summed E-state index contributed by atoms with van der Waals surface area (Å²) < 4.78 is 24.8. The van der Waals surface area contributed by atoms with Gasteiger partial charge < -0.3 is 9.88 Å². The van der Waals surface area contributed by atoms with Crippen LogP contribution in [-0.2, 0) is 21.7 Å². The highest BCUT2D eigenvalue weighted by molar-refractivity contribution is 7.99. The van der Waals surface area contributed by atoms with Crippen LogP contribution in [0.15, 0.2) is 58.6 Å². The number of thioether (sulfide) groups is 1. The number of para-hydroxylation sites is 2. The molecule has 130 valence electrons. The van der Waals surface area contributed by atoms with E-state index in [1.165, 1.54) is 23.9 Å². The number of hydrogen-bond acceptors (Lipinski definition) is 5. The first-order chi connectivity index (χ1) is 11.8. The zero-order valence-electron chi connectivity index (χ0n) is 13.8. The minimum absolute atomic E-state index is 0.177. The molecule has 0 aliphatic carbocycles. The van der Waals surface area contributed by atoms with Crippen molar-refractivity contribution in [3.8, 4) is 0 Å². The van der Waals surface area contributed by atoms with E-state index in [-0.39, 0.29) is 16.6 Å². The lowest BCUT2D eigenvalue weighted by Crippen LogP contribution is -2.14. The van der Waals surface area contributed by atoms with Crippen molar-refractivity contribution in [2.75, 3.05) is 17.3 Å². The topological polar surface area (TPSA) is 81.1 Å². The third-order valence-corrected chi connectivity index (χ3v) is 5.80. The number of carbonyl (C=O) groups excluding carboxylic acids is 1. The molecule has 0 atom stereocenters. The van der Waals surface area contributed by atoms with Gasteiger partial charge in [-0.25, -0.2) is 13.4 Å². The second kappa shape index (κ2) is 6.89. The molecule has 1 heterocycles. The molecule has 3 aromatic rings. The maximum absolute atomic E-state index is 12.1. The molecule has 2 aromatic carbocycles. The molecule has 0 spiro atoms. The molecule has 1 N–H and O–H groups in total. The molecule has 0 saturated heterocycles. The number of hydrogen-bond donors (Lipinski definition) is 1. The standard InChI is InChI=1S/C17H17N3O3S2/c1-20-15-6-4-3-5-14(15)19-17(20)24-11-16(21)18-12-7-9-13(10-8-12)25(2,22)23/h3-10H,11H2,1-2H3,(H,18,21).